The molecule has 140 valence electrons. The lowest BCUT2D eigenvalue weighted by atomic mass is 10.1. The number of hydrogen-bond acceptors (Lipinski definition) is 4. The van der Waals surface area contributed by atoms with Gasteiger partial charge in [-0.25, -0.2) is 19.3 Å². The van der Waals surface area contributed by atoms with E-state index < -0.39 is 11.7 Å². The normalized spacial score (nSPS) is 11.5. The van der Waals surface area contributed by atoms with Crippen LogP contribution < -0.4 is 0 Å². The Morgan fingerprint density at radius 3 is 2.07 bits per heavy atom. The molecule has 5 heteroatoms. The zero-order valence-electron chi connectivity index (χ0n) is 16.1. The van der Waals surface area contributed by atoms with E-state index in [1.165, 1.54) is 4.57 Å². The number of rotatable bonds is 2. The van der Waals surface area contributed by atoms with Crippen LogP contribution in [0.3, 0.4) is 0 Å². The van der Waals surface area contributed by atoms with Crippen molar-refractivity contribution in [2.45, 2.75) is 26.4 Å². The Morgan fingerprint density at radius 2 is 1.46 bits per heavy atom. The highest BCUT2D eigenvalue weighted by Gasteiger charge is 2.22. The van der Waals surface area contributed by atoms with Gasteiger partial charge in [-0.05, 0) is 26.8 Å². The largest absolute Gasteiger partial charge is 0.443 e. The number of ether oxygens (including phenoxy) is 1. The van der Waals surface area contributed by atoms with Gasteiger partial charge in [0, 0.05) is 22.7 Å². The van der Waals surface area contributed by atoms with E-state index >= 15 is 0 Å². The smallest absolute Gasteiger partial charge is 0.420 e. The maximum absolute atomic E-state index is 12.7. The van der Waals surface area contributed by atoms with E-state index in [9.17, 15) is 4.79 Å². The summed E-state index contributed by atoms with van der Waals surface area (Å²) in [5.74, 6) is 0.565. The second kappa shape index (κ2) is 6.93. The Kier molecular flexibility index (Phi) is 4.43. The molecule has 0 radical (unpaired) electrons. The Labute approximate surface area is 163 Å². The summed E-state index contributed by atoms with van der Waals surface area (Å²) in [6, 6.07) is 21.5. The lowest BCUT2D eigenvalue weighted by Crippen LogP contribution is -2.26. The SMILES string of the molecule is CC(C)(C)OC(=O)n1ccc2c(-c3ccccc3)nc(-c3ccccc3)nc21. The van der Waals surface area contributed by atoms with Gasteiger partial charge >= 0.3 is 6.09 Å². The molecule has 0 bridgehead atoms. The van der Waals surface area contributed by atoms with Gasteiger partial charge in [0.15, 0.2) is 11.5 Å². The van der Waals surface area contributed by atoms with Crippen LogP contribution in [0.1, 0.15) is 20.8 Å². The molecule has 0 amide bonds. The summed E-state index contributed by atoms with van der Waals surface area (Å²) in [5, 5.41) is 0.803. The molecule has 0 aliphatic heterocycles. The average molecular weight is 371 g/mol. The van der Waals surface area contributed by atoms with Crippen LogP contribution in [-0.4, -0.2) is 26.2 Å². The second-order valence-corrected chi connectivity index (χ2v) is 7.53. The highest BCUT2D eigenvalue weighted by atomic mass is 16.6. The van der Waals surface area contributed by atoms with Crippen LogP contribution in [0.4, 0.5) is 4.79 Å². The Bertz CT molecular complexity index is 1130. The average Bonchev–Trinajstić information content (AvgIpc) is 3.11. The molecule has 0 N–H and O–H groups in total. The second-order valence-electron chi connectivity index (χ2n) is 7.53. The Hall–Kier alpha value is -3.47. The van der Waals surface area contributed by atoms with E-state index in [0.717, 1.165) is 22.2 Å². The Morgan fingerprint density at radius 1 is 0.857 bits per heavy atom. The highest BCUT2D eigenvalue weighted by Crippen LogP contribution is 2.30. The van der Waals surface area contributed by atoms with Crippen molar-refractivity contribution in [1.29, 1.82) is 0 Å². The molecular weight excluding hydrogens is 350 g/mol. The van der Waals surface area contributed by atoms with Crippen LogP contribution in [0.25, 0.3) is 33.7 Å². The zero-order valence-corrected chi connectivity index (χ0v) is 16.1. The first-order valence-electron chi connectivity index (χ1n) is 9.16. The summed E-state index contributed by atoms with van der Waals surface area (Å²) < 4.78 is 6.99. The van der Waals surface area contributed by atoms with Gasteiger partial charge in [0.05, 0.1) is 5.69 Å². The molecular formula is C23H21N3O2. The summed E-state index contributed by atoms with van der Waals surface area (Å²) >= 11 is 0. The molecule has 0 saturated carbocycles. The lowest BCUT2D eigenvalue weighted by Gasteiger charge is -2.19. The third-order valence-corrected chi connectivity index (χ3v) is 4.21. The molecule has 0 aliphatic rings. The maximum Gasteiger partial charge on any atom is 0.420 e. The van der Waals surface area contributed by atoms with Gasteiger partial charge in [-0.3, -0.25) is 0 Å². The van der Waals surface area contributed by atoms with Crippen molar-refractivity contribution in [3.63, 3.8) is 0 Å². The molecule has 4 aromatic rings. The van der Waals surface area contributed by atoms with Crippen LogP contribution in [0.2, 0.25) is 0 Å². The maximum atomic E-state index is 12.7. The number of aromatic nitrogens is 3. The summed E-state index contributed by atoms with van der Waals surface area (Å²) in [7, 11) is 0. The van der Waals surface area contributed by atoms with E-state index in [1.54, 1.807) is 6.20 Å². The molecule has 28 heavy (non-hydrogen) atoms. The molecule has 0 saturated heterocycles. The van der Waals surface area contributed by atoms with Crippen LogP contribution in [-0.2, 0) is 4.74 Å². The van der Waals surface area contributed by atoms with Gasteiger partial charge < -0.3 is 4.74 Å². The fourth-order valence-electron chi connectivity index (χ4n) is 3.01. The molecule has 2 heterocycles. The zero-order chi connectivity index (χ0) is 19.7. The molecule has 0 spiro atoms. The minimum Gasteiger partial charge on any atom is -0.443 e. The molecule has 2 aromatic carbocycles. The van der Waals surface area contributed by atoms with Crippen LogP contribution in [0.15, 0.2) is 72.9 Å². The van der Waals surface area contributed by atoms with Gasteiger partial charge in [-0.1, -0.05) is 60.7 Å². The van der Waals surface area contributed by atoms with Gasteiger partial charge in [-0.2, -0.15) is 0 Å². The topological polar surface area (TPSA) is 57.0 Å². The van der Waals surface area contributed by atoms with Crippen LogP contribution >= 0.6 is 0 Å². The van der Waals surface area contributed by atoms with E-state index in [0.29, 0.717) is 11.5 Å². The van der Waals surface area contributed by atoms with Gasteiger partial charge in [0.2, 0.25) is 0 Å². The van der Waals surface area contributed by atoms with Crippen molar-refractivity contribution >= 4 is 17.1 Å². The van der Waals surface area contributed by atoms with Crippen LogP contribution in [0.5, 0.6) is 0 Å². The highest BCUT2D eigenvalue weighted by molar-refractivity contribution is 5.96. The third kappa shape index (κ3) is 3.51. The fraction of sp³-hybridized carbons (Fsp3) is 0.174. The molecule has 4 rings (SSSR count). The molecule has 0 aliphatic carbocycles. The quantitative estimate of drug-likeness (QED) is 0.464. The van der Waals surface area contributed by atoms with Gasteiger partial charge in [0.25, 0.3) is 0 Å². The summed E-state index contributed by atoms with van der Waals surface area (Å²) in [6.07, 6.45) is 1.23. The molecule has 5 nitrogen and oxygen atoms in total. The monoisotopic (exact) mass is 371 g/mol. The number of carbonyl (C=O) groups excluding carboxylic acids is 1. The van der Waals surface area contributed by atoms with Crippen molar-refractivity contribution in [1.82, 2.24) is 14.5 Å². The molecule has 0 fully saturated rings. The van der Waals surface area contributed by atoms with Gasteiger partial charge in [0.1, 0.15) is 5.60 Å². The number of benzene rings is 2. The summed E-state index contributed by atoms with van der Waals surface area (Å²) in [5.41, 5.74) is 2.58. The Balaban J connectivity index is 1.94. The molecule has 0 unspecified atom stereocenters. The van der Waals surface area contributed by atoms with Crippen molar-refractivity contribution in [2.75, 3.05) is 0 Å². The minimum atomic E-state index is -0.592. The predicted octanol–water partition coefficient (Wildman–Crippen LogP) is 5.55. The lowest BCUT2D eigenvalue weighted by molar-refractivity contribution is 0.0543. The molecule has 0 atom stereocenters. The van der Waals surface area contributed by atoms with E-state index in [2.05, 4.69) is 0 Å². The first-order valence-corrected chi connectivity index (χ1v) is 9.16. The van der Waals surface area contributed by atoms with Crippen LogP contribution in [0, 0.1) is 0 Å². The van der Waals surface area contributed by atoms with E-state index in [1.807, 2.05) is 87.5 Å². The third-order valence-electron chi connectivity index (χ3n) is 4.21. The first-order chi connectivity index (χ1) is 13.4. The summed E-state index contributed by atoms with van der Waals surface area (Å²) in [4.78, 5) is 22.2. The van der Waals surface area contributed by atoms with Crippen molar-refractivity contribution in [3.05, 3.63) is 72.9 Å². The predicted molar refractivity (Wildman–Crippen MR) is 110 cm³/mol. The number of carbonyl (C=O) groups is 1. The summed E-state index contributed by atoms with van der Waals surface area (Å²) in [6.45, 7) is 5.53. The van der Waals surface area contributed by atoms with Crippen molar-refractivity contribution < 1.29 is 9.53 Å². The fourth-order valence-corrected chi connectivity index (χ4v) is 3.01. The van der Waals surface area contributed by atoms with E-state index in [4.69, 9.17) is 14.7 Å². The van der Waals surface area contributed by atoms with Crippen molar-refractivity contribution in [3.8, 4) is 22.6 Å². The number of hydrogen-bond donors (Lipinski definition) is 0. The van der Waals surface area contributed by atoms with Gasteiger partial charge in [-0.15, -0.1) is 0 Å². The number of fused-ring (bicyclic) bond motifs is 1. The standard InChI is InChI=1S/C23H21N3O2/c1-23(2,3)28-22(27)26-15-14-18-19(16-10-6-4-7-11-16)24-20(25-21(18)26)17-12-8-5-9-13-17/h4-15H,1-3H3. The van der Waals surface area contributed by atoms with E-state index in [-0.39, 0.29) is 0 Å². The number of nitrogens with zero attached hydrogens (tertiary/aromatic N) is 3. The van der Waals surface area contributed by atoms with Crippen molar-refractivity contribution in [2.24, 2.45) is 0 Å². The molecule has 2 aromatic heterocycles. The minimum absolute atomic E-state index is 0.459. The first kappa shape index (κ1) is 17.9.